The molecule has 1 heterocycles. The molecule has 1 aliphatic rings. The molecule has 0 amide bonds. The van der Waals surface area contributed by atoms with E-state index in [1.165, 1.54) is 11.3 Å². The van der Waals surface area contributed by atoms with E-state index >= 15 is 0 Å². The summed E-state index contributed by atoms with van der Waals surface area (Å²) in [6.07, 6.45) is 0.826. The number of aliphatic hydroxyl groups is 1. The van der Waals surface area contributed by atoms with Crippen molar-refractivity contribution < 1.29 is 5.11 Å². The zero-order valence-corrected chi connectivity index (χ0v) is 13.5. The lowest BCUT2D eigenvalue weighted by Gasteiger charge is -2.45. The molecule has 2 unspecified atom stereocenters. The molecule has 1 aliphatic heterocycles. The molecule has 4 heteroatoms. The van der Waals surface area contributed by atoms with Crippen LogP contribution in [0.4, 0.5) is 5.69 Å². The van der Waals surface area contributed by atoms with E-state index in [1.54, 1.807) is 0 Å². The Labute approximate surface area is 124 Å². The van der Waals surface area contributed by atoms with Crippen molar-refractivity contribution in [1.29, 1.82) is 0 Å². The molecular weight excluding hydrogens is 304 g/mol. The fraction of sp³-hybridized carbons (Fsp3) is 0.600. The molecule has 0 radical (unpaired) electrons. The number of nitrogens with zero attached hydrogens (tertiary/aromatic N) is 2. The molecule has 0 saturated carbocycles. The van der Waals surface area contributed by atoms with Crippen LogP contribution in [0.3, 0.4) is 0 Å². The SMILES string of the molecule is Cc1cc(N2CC(C)N(C)CC2CCO)ccc1Br. The normalized spacial score (nSPS) is 24.8. The molecule has 1 saturated heterocycles. The van der Waals surface area contributed by atoms with Crippen LogP contribution in [0.15, 0.2) is 22.7 Å². The molecule has 1 N–H and O–H groups in total. The second kappa shape index (κ2) is 6.25. The van der Waals surface area contributed by atoms with Crippen molar-refractivity contribution in [2.45, 2.75) is 32.4 Å². The Hall–Kier alpha value is -0.580. The predicted molar refractivity (Wildman–Crippen MR) is 83.8 cm³/mol. The number of anilines is 1. The summed E-state index contributed by atoms with van der Waals surface area (Å²) in [7, 11) is 2.17. The van der Waals surface area contributed by atoms with E-state index in [2.05, 4.69) is 64.8 Å². The molecule has 0 aromatic heterocycles. The highest BCUT2D eigenvalue weighted by Gasteiger charge is 2.29. The third kappa shape index (κ3) is 3.30. The van der Waals surface area contributed by atoms with Crippen LogP contribution in [-0.2, 0) is 0 Å². The van der Waals surface area contributed by atoms with E-state index < -0.39 is 0 Å². The maximum absolute atomic E-state index is 9.28. The van der Waals surface area contributed by atoms with Crippen molar-refractivity contribution in [3.63, 3.8) is 0 Å². The summed E-state index contributed by atoms with van der Waals surface area (Å²) in [5.41, 5.74) is 2.52. The summed E-state index contributed by atoms with van der Waals surface area (Å²) in [5, 5.41) is 9.28. The van der Waals surface area contributed by atoms with Crippen molar-refractivity contribution in [3.05, 3.63) is 28.2 Å². The van der Waals surface area contributed by atoms with Gasteiger partial charge in [0.15, 0.2) is 0 Å². The van der Waals surface area contributed by atoms with Gasteiger partial charge in [0.1, 0.15) is 0 Å². The van der Waals surface area contributed by atoms with Gasteiger partial charge in [-0.2, -0.15) is 0 Å². The Balaban J connectivity index is 2.25. The molecule has 106 valence electrons. The van der Waals surface area contributed by atoms with Crippen molar-refractivity contribution in [3.8, 4) is 0 Å². The molecule has 2 atom stereocenters. The molecule has 0 spiro atoms. The van der Waals surface area contributed by atoms with Gasteiger partial charge in [-0.15, -0.1) is 0 Å². The smallest absolute Gasteiger partial charge is 0.0451 e. The van der Waals surface area contributed by atoms with Gasteiger partial charge < -0.3 is 10.0 Å². The van der Waals surface area contributed by atoms with Crippen LogP contribution in [0.5, 0.6) is 0 Å². The first kappa shape index (κ1) is 14.8. The van der Waals surface area contributed by atoms with Crippen molar-refractivity contribution >= 4 is 21.6 Å². The number of hydrogen-bond donors (Lipinski definition) is 1. The van der Waals surface area contributed by atoms with Crippen molar-refractivity contribution in [2.75, 3.05) is 31.6 Å². The Bertz CT molecular complexity index is 438. The molecule has 0 aliphatic carbocycles. The molecule has 3 nitrogen and oxygen atoms in total. The van der Waals surface area contributed by atoms with E-state index in [0.717, 1.165) is 24.0 Å². The van der Waals surface area contributed by atoms with Gasteiger partial charge in [-0.25, -0.2) is 0 Å². The molecular formula is C15H23BrN2O. The largest absolute Gasteiger partial charge is 0.396 e. The van der Waals surface area contributed by atoms with Crippen LogP contribution >= 0.6 is 15.9 Å². The molecule has 1 aromatic carbocycles. The van der Waals surface area contributed by atoms with E-state index in [4.69, 9.17) is 0 Å². The van der Waals surface area contributed by atoms with Crippen LogP contribution in [-0.4, -0.2) is 48.8 Å². The molecule has 1 aromatic rings. The summed E-state index contributed by atoms with van der Waals surface area (Å²) in [4.78, 5) is 4.82. The van der Waals surface area contributed by atoms with Gasteiger partial charge in [0.25, 0.3) is 0 Å². The summed E-state index contributed by atoms with van der Waals surface area (Å²) >= 11 is 3.55. The molecule has 0 bridgehead atoms. The minimum absolute atomic E-state index is 0.249. The van der Waals surface area contributed by atoms with Gasteiger partial charge in [-0.3, -0.25) is 4.90 Å². The molecule has 19 heavy (non-hydrogen) atoms. The van der Waals surface area contributed by atoms with Crippen LogP contribution in [0, 0.1) is 6.92 Å². The summed E-state index contributed by atoms with van der Waals surface area (Å²) in [6.45, 7) is 6.65. The van der Waals surface area contributed by atoms with Gasteiger partial charge in [0.05, 0.1) is 0 Å². The number of rotatable bonds is 3. The summed E-state index contributed by atoms with van der Waals surface area (Å²) < 4.78 is 1.15. The van der Waals surface area contributed by atoms with Gasteiger partial charge in [0.2, 0.25) is 0 Å². The number of likely N-dealkylation sites (N-methyl/N-ethyl adjacent to an activating group) is 1. The fourth-order valence-corrected chi connectivity index (χ4v) is 2.95. The Morgan fingerprint density at radius 1 is 1.37 bits per heavy atom. The summed E-state index contributed by atoms with van der Waals surface area (Å²) in [5.74, 6) is 0. The van der Waals surface area contributed by atoms with E-state index in [1.807, 2.05) is 0 Å². The second-order valence-corrected chi connectivity index (χ2v) is 6.39. The minimum Gasteiger partial charge on any atom is -0.396 e. The summed E-state index contributed by atoms with van der Waals surface area (Å²) in [6, 6.07) is 7.45. The standard InChI is InChI=1S/C15H23BrN2O/c1-11-8-13(4-5-15(11)16)18-9-12(2)17(3)10-14(18)6-7-19/h4-5,8,12,14,19H,6-7,9-10H2,1-3H3. The zero-order chi connectivity index (χ0) is 14.0. The quantitative estimate of drug-likeness (QED) is 0.925. The predicted octanol–water partition coefficient (Wildman–Crippen LogP) is 2.65. The molecule has 2 rings (SSSR count). The number of piperazine rings is 1. The minimum atomic E-state index is 0.249. The van der Waals surface area contributed by atoms with Gasteiger partial charge >= 0.3 is 0 Å². The van der Waals surface area contributed by atoms with Gasteiger partial charge in [-0.05, 0) is 51.1 Å². The highest BCUT2D eigenvalue weighted by Crippen LogP contribution is 2.28. The zero-order valence-electron chi connectivity index (χ0n) is 11.9. The van der Waals surface area contributed by atoms with Crippen LogP contribution in [0.1, 0.15) is 18.9 Å². The molecule has 1 fully saturated rings. The first-order chi connectivity index (χ1) is 9.02. The van der Waals surface area contributed by atoms with Gasteiger partial charge in [0, 0.05) is 41.9 Å². The monoisotopic (exact) mass is 326 g/mol. The van der Waals surface area contributed by atoms with Crippen LogP contribution < -0.4 is 4.90 Å². The van der Waals surface area contributed by atoms with Crippen molar-refractivity contribution in [1.82, 2.24) is 4.90 Å². The lowest BCUT2D eigenvalue weighted by atomic mass is 10.0. The highest BCUT2D eigenvalue weighted by atomic mass is 79.9. The number of halogens is 1. The average Bonchev–Trinajstić information content (AvgIpc) is 2.37. The average molecular weight is 327 g/mol. The van der Waals surface area contributed by atoms with E-state index in [9.17, 15) is 5.11 Å². The number of hydrogen-bond acceptors (Lipinski definition) is 3. The third-order valence-corrected chi connectivity index (χ3v) is 4.98. The number of aliphatic hydroxyl groups excluding tert-OH is 1. The van der Waals surface area contributed by atoms with Crippen LogP contribution in [0.25, 0.3) is 0 Å². The topological polar surface area (TPSA) is 26.7 Å². The number of benzene rings is 1. The van der Waals surface area contributed by atoms with Gasteiger partial charge in [-0.1, -0.05) is 15.9 Å². The fourth-order valence-electron chi connectivity index (χ4n) is 2.70. The second-order valence-electron chi connectivity index (χ2n) is 5.54. The first-order valence-electron chi connectivity index (χ1n) is 6.87. The Kier molecular flexibility index (Phi) is 4.87. The first-order valence-corrected chi connectivity index (χ1v) is 7.66. The van der Waals surface area contributed by atoms with E-state index in [0.29, 0.717) is 12.1 Å². The lowest BCUT2D eigenvalue weighted by molar-refractivity contribution is 0.177. The lowest BCUT2D eigenvalue weighted by Crippen LogP contribution is -2.56. The Morgan fingerprint density at radius 3 is 2.74 bits per heavy atom. The number of aryl methyl sites for hydroxylation is 1. The maximum atomic E-state index is 9.28. The van der Waals surface area contributed by atoms with Crippen molar-refractivity contribution in [2.24, 2.45) is 0 Å². The Morgan fingerprint density at radius 2 is 2.11 bits per heavy atom. The maximum Gasteiger partial charge on any atom is 0.0451 e. The highest BCUT2D eigenvalue weighted by molar-refractivity contribution is 9.10. The van der Waals surface area contributed by atoms with E-state index in [-0.39, 0.29) is 6.61 Å². The third-order valence-electron chi connectivity index (χ3n) is 4.09. The van der Waals surface area contributed by atoms with Crippen LogP contribution in [0.2, 0.25) is 0 Å².